The lowest BCUT2D eigenvalue weighted by Crippen LogP contribution is -2.27. The third-order valence-corrected chi connectivity index (χ3v) is 6.36. The number of nitrogens with one attached hydrogen (secondary N) is 1. The van der Waals surface area contributed by atoms with E-state index in [1.807, 2.05) is 0 Å². The Morgan fingerprint density at radius 2 is 1.21 bits per heavy atom. The van der Waals surface area contributed by atoms with Crippen molar-refractivity contribution in [3.63, 3.8) is 0 Å². The Kier molecular flexibility index (Phi) is 3.25. The minimum atomic E-state index is -0.111. The van der Waals surface area contributed by atoms with Crippen molar-refractivity contribution >= 4 is 33.2 Å². The highest BCUT2D eigenvalue weighted by Gasteiger charge is 2.35. The summed E-state index contributed by atoms with van der Waals surface area (Å²) in [4.78, 5) is 0. The van der Waals surface area contributed by atoms with Crippen LogP contribution in [0.5, 0.6) is 0 Å². The van der Waals surface area contributed by atoms with Crippen LogP contribution in [0.1, 0.15) is 25.0 Å². The molecule has 6 rings (SSSR count). The molecule has 1 aromatic heterocycles. The molecule has 1 aliphatic rings. The highest BCUT2D eigenvalue weighted by atomic mass is 15.0. The first-order valence-electron chi connectivity index (χ1n) is 10.1. The standard InChI is InChI=1S/C27H22N2/c1-27(2)20-12-5-6-13-21(20)28-22-14-9-17-25(26(22)27)29-23-15-7-3-10-18(23)19-11-4-8-16-24(19)29/h3-17,28H,1-2H3. The van der Waals surface area contributed by atoms with Crippen LogP contribution in [0.25, 0.3) is 27.5 Å². The zero-order chi connectivity index (χ0) is 19.6. The van der Waals surface area contributed by atoms with Crippen LogP contribution in [0.4, 0.5) is 11.4 Å². The van der Waals surface area contributed by atoms with E-state index in [4.69, 9.17) is 0 Å². The molecule has 0 bridgehead atoms. The molecule has 5 aromatic rings. The van der Waals surface area contributed by atoms with Gasteiger partial charge in [-0.25, -0.2) is 0 Å². The molecule has 0 unspecified atom stereocenters. The predicted molar refractivity (Wildman–Crippen MR) is 123 cm³/mol. The quantitative estimate of drug-likeness (QED) is 0.329. The maximum absolute atomic E-state index is 3.68. The maximum atomic E-state index is 3.68. The van der Waals surface area contributed by atoms with Crippen LogP contribution < -0.4 is 5.32 Å². The van der Waals surface area contributed by atoms with Gasteiger partial charge in [-0.1, -0.05) is 74.5 Å². The molecule has 0 aliphatic carbocycles. The normalized spacial score (nSPS) is 14.4. The summed E-state index contributed by atoms with van der Waals surface area (Å²) in [5.41, 5.74) is 8.68. The highest BCUT2D eigenvalue weighted by Crippen LogP contribution is 2.48. The monoisotopic (exact) mass is 374 g/mol. The topological polar surface area (TPSA) is 17.0 Å². The average Bonchev–Trinajstić information content (AvgIpc) is 3.08. The van der Waals surface area contributed by atoms with Crippen molar-refractivity contribution < 1.29 is 0 Å². The Labute approximate surface area is 170 Å². The Balaban J connectivity index is 1.74. The van der Waals surface area contributed by atoms with Crippen LogP contribution in [0.15, 0.2) is 91.0 Å². The fraction of sp³-hybridized carbons (Fsp3) is 0.111. The van der Waals surface area contributed by atoms with E-state index < -0.39 is 0 Å². The largest absolute Gasteiger partial charge is 0.355 e. The van der Waals surface area contributed by atoms with E-state index in [0.717, 1.165) is 0 Å². The summed E-state index contributed by atoms with van der Waals surface area (Å²) in [5.74, 6) is 0. The molecule has 0 atom stereocenters. The van der Waals surface area contributed by atoms with Crippen LogP contribution >= 0.6 is 0 Å². The first-order valence-corrected chi connectivity index (χ1v) is 10.1. The second-order valence-corrected chi connectivity index (χ2v) is 8.36. The Morgan fingerprint density at radius 3 is 1.93 bits per heavy atom. The van der Waals surface area contributed by atoms with Crippen molar-refractivity contribution in [2.75, 3.05) is 5.32 Å². The van der Waals surface area contributed by atoms with E-state index in [1.54, 1.807) is 0 Å². The lowest BCUT2D eigenvalue weighted by Gasteiger charge is -2.37. The van der Waals surface area contributed by atoms with Crippen LogP contribution in [0.3, 0.4) is 0 Å². The summed E-state index contributed by atoms with van der Waals surface area (Å²) in [6, 6.07) is 32.7. The van der Waals surface area contributed by atoms with Gasteiger partial charge in [0.1, 0.15) is 0 Å². The molecule has 2 heteroatoms. The molecule has 0 saturated carbocycles. The number of para-hydroxylation sites is 3. The van der Waals surface area contributed by atoms with Crippen molar-refractivity contribution in [1.82, 2.24) is 4.57 Å². The number of nitrogens with zero attached hydrogens (tertiary/aromatic N) is 1. The van der Waals surface area contributed by atoms with Crippen molar-refractivity contribution in [3.05, 3.63) is 102 Å². The van der Waals surface area contributed by atoms with Gasteiger partial charge in [-0.3, -0.25) is 0 Å². The third-order valence-electron chi connectivity index (χ3n) is 6.36. The molecule has 0 saturated heterocycles. The van der Waals surface area contributed by atoms with Crippen molar-refractivity contribution in [2.45, 2.75) is 19.3 Å². The number of hydrogen-bond donors (Lipinski definition) is 1. The van der Waals surface area contributed by atoms with Gasteiger partial charge in [0.15, 0.2) is 0 Å². The van der Waals surface area contributed by atoms with Gasteiger partial charge in [0, 0.05) is 33.1 Å². The van der Waals surface area contributed by atoms with E-state index in [2.05, 4.69) is 115 Å². The summed E-state index contributed by atoms with van der Waals surface area (Å²) < 4.78 is 2.43. The van der Waals surface area contributed by atoms with E-state index in [0.29, 0.717) is 0 Å². The SMILES string of the molecule is CC1(C)c2ccccc2Nc2cccc(-n3c4ccccc4c4ccccc43)c21. The first-order chi connectivity index (χ1) is 14.2. The summed E-state index contributed by atoms with van der Waals surface area (Å²) in [6.45, 7) is 4.67. The van der Waals surface area contributed by atoms with Gasteiger partial charge in [-0.2, -0.15) is 0 Å². The molecule has 0 fully saturated rings. The van der Waals surface area contributed by atoms with Crippen molar-refractivity contribution in [3.8, 4) is 5.69 Å². The second-order valence-electron chi connectivity index (χ2n) is 8.36. The predicted octanol–water partition coefficient (Wildman–Crippen LogP) is 7.17. The molecule has 140 valence electrons. The van der Waals surface area contributed by atoms with Crippen LogP contribution in [0, 0.1) is 0 Å². The smallest absolute Gasteiger partial charge is 0.0541 e. The maximum Gasteiger partial charge on any atom is 0.0541 e. The van der Waals surface area contributed by atoms with Gasteiger partial charge in [0.2, 0.25) is 0 Å². The molecule has 0 amide bonds. The molecule has 4 aromatic carbocycles. The number of hydrogen-bond acceptors (Lipinski definition) is 1. The van der Waals surface area contributed by atoms with E-state index in [9.17, 15) is 0 Å². The lowest BCUT2D eigenvalue weighted by molar-refractivity contribution is 0.634. The molecule has 29 heavy (non-hydrogen) atoms. The van der Waals surface area contributed by atoms with Gasteiger partial charge in [0.25, 0.3) is 0 Å². The van der Waals surface area contributed by atoms with Crippen LogP contribution in [-0.4, -0.2) is 4.57 Å². The molecule has 1 aliphatic heterocycles. The summed E-state index contributed by atoms with van der Waals surface area (Å²) in [7, 11) is 0. The Hall–Kier alpha value is -3.52. The molecule has 0 spiro atoms. The number of aromatic nitrogens is 1. The molecular formula is C27H22N2. The van der Waals surface area contributed by atoms with Crippen molar-refractivity contribution in [1.29, 1.82) is 0 Å². The van der Waals surface area contributed by atoms with E-state index >= 15 is 0 Å². The summed E-state index contributed by atoms with van der Waals surface area (Å²) in [5, 5.41) is 6.27. The van der Waals surface area contributed by atoms with Crippen LogP contribution in [0.2, 0.25) is 0 Å². The highest BCUT2D eigenvalue weighted by molar-refractivity contribution is 6.09. The zero-order valence-electron chi connectivity index (χ0n) is 16.6. The lowest BCUT2D eigenvalue weighted by atomic mass is 9.73. The fourth-order valence-electron chi connectivity index (χ4n) is 5.09. The molecule has 1 N–H and O–H groups in total. The van der Waals surface area contributed by atoms with Gasteiger partial charge in [0.05, 0.1) is 16.7 Å². The second kappa shape index (κ2) is 5.74. The average molecular weight is 374 g/mol. The zero-order valence-corrected chi connectivity index (χ0v) is 16.6. The molecule has 0 radical (unpaired) electrons. The van der Waals surface area contributed by atoms with Gasteiger partial charge < -0.3 is 9.88 Å². The van der Waals surface area contributed by atoms with Gasteiger partial charge in [-0.15, -0.1) is 0 Å². The minimum absolute atomic E-state index is 0.111. The first kappa shape index (κ1) is 16.4. The minimum Gasteiger partial charge on any atom is -0.355 e. The molecular weight excluding hydrogens is 352 g/mol. The summed E-state index contributed by atoms with van der Waals surface area (Å²) >= 11 is 0. The van der Waals surface area contributed by atoms with Gasteiger partial charge >= 0.3 is 0 Å². The Bertz CT molecular complexity index is 1350. The third kappa shape index (κ3) is 2.17. The van der Waals surface area contributed by atoms with E-state index in [1.165, 1.54) is 50.0 Å². The van der Waals surface area contributed by atoms with Crippen molar-refractivity contribution in [2.24, 2.45) is 0 Å². The van der Waals surface area contributed by atoms with Crippen LogP contribution in [-0.2, 0) is 5.41 Å². The molecule has 2 nitrogen and oxygen atoms in total. The number of rotatable bonds is 1. The van der Waals surface area contributed by atoms with Gasteiger partial charge in [-0.05, 0) is 35.9 Å². The Morgan fingerprint density at radius 1 is 0.621 bits per heavy atom. The number of fused-ring (bicyclic) bond motifs is 5. The van der Waals surface area contributed by atoms with E-state index in [-0.39, 0.29) is 5.41 Å². The fourth-order valence-corrected chi connectivity index (χ4v) is 5.09. The number of benzene rings is 4. The molecule has 2 heterocycles. The number of anilines is 2. The summed E-state index contributed by atoms with van der Waals surface area (Å²) in [6.07, 6.45) is 0.